The molecule has 0 bridgehead atoms. The lowest BCUT2D eigenvalue weighted by Gasteiger charge is -2.22. The molecule has 0 spiro atoms. The average molecular weight is 573 g/mol. The first-order valence-electron chi connectivity index (χ1n) is 13.5. The lowest BCUT2D eigenvalue weighted by molar-refractivity contribution is -0.172. The van der Waals surface area contributed by atoms with E-state index in [4.69, 9.17) is 10.1 Å². The van der Waals surface area contributed by atoms with Crippen molar-refractivity contribution in [1.82, 2.24) is 24.6 Å². The first-order valence-corrected chi connectivity index (χ1v) is 14.3. The Bertz CT molecular complexity index is 1390. The Morgan fingerprint density at radius 3 is 2.25 bits per heavy atom. The second-order valence-corrected chi connectivity index (χ2v) is 12.5. The minimum Gasteiger partial charge on any atom is -0.344 e. The highest BCUT2D eigenvalue weighted by Crippen LogP contribution is 2.38. The van der Waals surface area contributed by atoms with Gasteiger partial charge in [0.05, 0.1) is 11.2 Å². The SMILES string of the molecule is C=C(Nc1nc2c(s1)c(C(=C)N1CCCC1=C)nn2C(C)(C)C)c1ccc(C)cc1.CN1CCCC1C(F)(F)F. The van der Waals surface area contributed by atoms with Gasteiger partial charge in [-0.15, -0.1) is 0 Å². The van der Waals surface area contributed by atoms with Crippen LogP contribution in [0.2, 0.25) is 0 Å². The fourth-order valence-corrected chi connectivity index (χ4v) is 5.96. The predicted molar refractivity (Wildman–Crippen MR) is 160 cm³/mol. The molecule has 40 heavy (non-hydrogen) atoms. The normalized spacial score (nSPS) is 18.2. The highest BCUT2D eigenvalue weighted by atomic mass is 32.1. The Morgan fingerprint density at radius 2 is 1.75 bits per heavy atom. The van der Waals surface area contributed by atoms with Gasteiger partial charge < -0.3 is 10.2 Å². The Hall–Kier alpha value is -3.11. The minimum absolute atomic E-state index is 0.196. The zero-order valence-electron chi connectivity index (χ0n) is 24.0. The van der Waals surface area contributed by atoms with Crippen molar-refractivity contribution >= 4 is 38.2 Å². The molecule has 0 aliphatic carbocycles. The Kier molecular flexibility index (Phi) is 8.52. The molecule has 1 unspecified atom stereocenters. The van der Waals surface area contributed by atoms with Gasteiger partial charge in [-0.1, -0.05) is 60.9 Å². The Labute approximate surface area is 238 Å². The first kappa shape index (κ1) is 29.9. The third-order valence-corrected chi connectivity index (χ3v) is 8.21. The van der Waals surface area contributed by atoms with Crippen molar-refractivity contribution in [2.24, 2.45) is 0 Å². The van der Waals surface area contributed by atoms with Crippen molar-refractivity contribution in [2.45, 2.75) is 71.1 Å². The number of nitrogens with one attached hydrogen (secondary N) is 1. The number of aryl methyl sites for hydroxylation is 1. The van der Waals surface area contributed by atoms with Crippen molar-refractivity contribution in [3.8, 4) is 0 Å². The number of aromatic nitrogens is 3. The number of likely N-dealkylation sites (tertiary alicyclic amines) is 2. The van der Waals surface area contributed by atoms with E-state index in [0.29, 0.717) is 13.0 Å². The Balaban J connectivity index is 0.000000312. The van der Waals surface area contributed by atoms with E-state index in [0.717, 1.165) is 63.2 Å². The van der Waals surface area contributed by atoms with Gasteiger partial charge in [0, 0.05) is 17.9 Å². The van der Waals surface area contributed by atoms with E-state index in [2.05, 4.69) is 81.9 Å². The summed E-state index contributed by atoms with van der Waals surface area (Å²) in [6.07, 6.45) is -0.979. The molecule has 216 valence electrons. The number of fused-ring (bicyclic) bond motifs is 1. The summed E-state index contributed by atoms with van der Waals surface area (Å²) in [5, 5.41) is 9.11. The summed E-state index contributed by atoms with van der Waals surface area (Å²) in [6, 6.07) is 7.13. The van der Waals surface area contributed by atoms with E-state index in [1.807, 2.05) is 4.68 Å². The van der Waals surface area contributed by atoms with Crippen LogP contribution in [0.25, 0.3) is 21.7 Å². The zero-order chi connectivity index (χ0) is 29.4. The molecular formula is C30H39F3N6S. The van der Waals surface area contributed by atoms with Crippen molar-refractivity contribution in [3.63, 3.8) is 0 Å². The van der Waals surface area contributed by atoms with E-state index in [1.54, 1.807) is 11.3 Å². The van der Waals surface area contributed by atoms with Gasteiger partial charge in [0.25, 0.3) is 0 Å². The smallest absolute Gasteiger partial charge is 0.344 e. The van der Waals surface area contributed by atoms with Crippen LogP contribution in [-0.4, -0.2) is 56.9 Å². The lowest BCUT2D eigenvalue weighted by atomic mass is 10.1. The van der Waals surface area contributed by atoms with Crippen LogP contribution in [-0.2, 0) is 5.54 Å². The molecule has 1 aromatic carbocycles. The zero-order valence-corrected chi connectivity index (χ0v) is 24.8. The number of nitrogens with zero attached hydrogens (tertiary/aromatic N) is 5. The molecule has 4 heterocycles. The summed E-state index contributed by atoms with van der Waals surface area (Å²) < 4.78 is 38.9. The second kappa shape index (κ2) is 11.4. The maximum absolute atomic E-state index is 12.0. The van der Waals surface area contributed by atoms with Crippen LogP contribution in [0.4, 0.5) is 18.3 Å². The first-order chi connectivity index (χ1) is 18.7. The maximum Gasteiger partial charge on any atom is 0.404 e. The van der Waals surface area contributed by atoms with Gasteiger partial charge in [0.15, 0.2) is 10.8 Å². The van der Waals surface area contributed by atoms with Gasteiger partial charge >= 0.3 is 6.18 Å². The summed E-state index contributed by atoms with van der Waals surface area (Å²) in [7, 11) is 1.52. The average Bonchev–Trinajstić information content (AvgIpc) is 3.63. The number of anilines is 1. The summed E-state index contributed by atoms with van der Waals surface area (Å²) >= 11 is 1.59. The standard InChI is InChI=1S/C24H29N5S.C6H10F3N/c1-15-10-12-19(13-11-15)17(3)25-23-26-22-21(30-23)20(27-29(22)24(5,6)7)18(4)28-14-8-9-16(28)2;1-10-4-2-3-5(10)6(7,8)9/h10-13H,2-4,8-9,14H2,1,5-7H3,(H,25,26);5H,2-4H2,1H3. The number of allylic oxidation sites excluding steroid dienone is 1. The van der Waals surface area contributed by atoms with Crippen molar-refractivity contribution in [2.75, 3.05) is 25.5 Å². The molecule has 3 aromatic rings. The molecule has 2 saturated heterocycles. The molecule has 2 fully saturated rings. The molecule has 0 amide bonds. The van der Waals surface area contributed by atoms with Gasteiger partial charge in [0.2, 0.25) is 0 Å². The van der Waals surface area contributed by atoms with Crippen LogP contribution in [0.15, 0.2) is 49.7 Å². The topological polar surface area (TPSA) is 49.2 Å². The largest absolute Gasteiger partial charge is 0.404 e. The molecule has 0 radical (unpaired) electrons. The monoisotopic (exact) mass is 572 g/mol. The highest BCUT2D eigenvalue weighted by molar-refractivity contribution is 7.22. The number of alkyl halides is 3. The molecule has 1 N–H and O–H groups in total. The van der Waals surface area contributed by atoms with E-state index in [1.165, 1.54) is 17.5 Å². The lowest BCUT2D eigenvalue weighted by Crippen LogP contribution is -2.38. The van der Waals surface area contributed by atoms with Crippen LogP contribution in [0.5, 0.6) is 0 Å². The summed E-state index contributed by atoms with van der Waals surface area (Å²) in [4.78, 5) is 8.42. The van der Waals surface area contributed by atoms with Crippen LogP contribution >= 0.6 is 11.3 Å². The molecule has 5 rings (SSSR count). The van der Waals surface area contributed by atoms with Crippen LogP contribution in [0, 0.1) is 6.92 Å². The van der Waals surface area contributed by atoms with Crippen molar-refractivity contribution < 1.29 is 13.2 Å². The predicted octanol–water partition coefficient (Wildman–Crippen LogP) is 7.86. The van der Waals surface area contributed by atoms with E-state index in [-0.39, 0.29) is 12.0 Å². The number of hydrogen-bond acceptors (Lipinski definition) is 6. The van der Waals surface area contributed by atoms with E-state index < -0.39 is 12.2 Å². The fourth-order valence-electron chi connectivity index (χ4n) is 4.98. The van der Waals surface area contributed by atoms with Gasteiger partial charge in [-0.2, -0.15) is 18.3 Å². The quantitative estimate of drug-likeness (QED) is 0.337. The van der Waals surface area contributed by atoms with Crippen molar-refractivity contribution in [3.05, 3.63) is 66.5 Å². The summed E-state index contributed by atoms with van der Waals surface area (Å²) in [5.74, 6) is 0. The minimum atomic E-state index is -4.02. The Morgan fingerprint density at radius 1 is 1.07 bits per heavy atom. The number of rotatable bonds is 5. The number of halogens is 3. The molecule has 2 aromatic heterocycles. The van der Waals surface area contributed by atoms with E-state index >= 15 is 0 Å². The number of benzene rings is 1. The van der Waals surface area contributed by atoms with Crippen LogP contribution in [0.3, 0.4) is 0 Å². The maximum atomic E-state index is 12.0. The van der Waals surface area contributed by atoms with Crippen molar-refractivity contribution in [1.29, 1.82) is 0 Å². The summed E-state index contributed by atoms with van der Waals surface area (Å²) in [5.41, 5.74) is 6.67. The van der Waals surface area contributed by atoms with Gasteiger partial charge in [-0.05, 0) is 72.5 Å². The van der Waals surface area contributed by atoms with Crippen LogP contribution < -0.4 is 5.32 Å². The van der Waals surface area contributed by atoms with Gasteiger partial charge in [-0.25, -0.2) is 9.67 Å². The molecular weight excluding hydrogens is 533 g/mol. The van der Waals surface area contributed by atoms with Gasteiger partial charge in [0.1, 0.15) is 16.4 Å². The number of hydrogen-bond donors (Lipinski definition) is 1. The highest BCUT2D eigenvalue weighted by Gasteiger charge is 2.44. The molecule has 2 aliphatic heterocycles. The van der Waals surface area contributed by atoms with Crippen LogP contribution in [0.1, 0.15) is 63.3 Å². The fraction of sp³-hybridized carbons (Fsp3) is 0.467. The van der Waals surface area contributed by atoms with E-state index in [9.17, 15) is 13.2 Å². The molecule has 2 aliphatic rings. The third kappa shape index (κ3) is 6.44. The molecule has 10 heteroatoms. The van der Waals surface area contributed by atoms with Gasteiger partial charge in [-0.3, -0.25) is 4.90 Å². The molecule has 0 saturated carbocycles. The molecule has 6 nitrogen and oxygen atoms in total. The second-order valence-electron chi connectivity index (χ2n) is 11.5. The third-order valence-electron chi connectivity index (χ3n) is 7.24. The number of thiazole rings is 1. The summed E-state index contributed by atoms with van der Waals surface area (Å²) in [6.45, 7) is 22.8. The molecule has 1 atom stereocenters.